The van der Waals surface area contributed by atoms with E-state index in [1.165, 1.54) is 0 Å². The highest BCUT2D eigenvalue weighted by molar-refractivity contribution is 6.67. The van der Waals surface area contributed by atoms with Crippen molar-refractivity contribution in [1.29, 1.82) is 0 Å². The Balaban J connectivity index is 2.06. The fraction of sp³-hybridized carbons (Fsp3) is 0.348. The van der Waals surface area contributed by atoms with Crippen LogP contribution in [-0.2, 0) is 15.9 Å². The van der Waals surface area contributed by atoms with Crippen LogP contribution in [0.25, 0.3) is 16.5 Å². The molecule has 0 aliphatic carbocycles. The van der Waals surface area contributed by atoms with Crippen LogP contribution in [0.3, 0.4) is 0 Å². The van der Waals surface area contributed by atoms with E-state index in [4.69, 9.17) is 44.3 Å². The van der Waals surface area contributed by atoms with Gasteiger partial charge in [0.2, 0.25) is 3.79 Å². The highest BCUT2D eigenvalue weighted by atomic mass is 35.6. The zero-order valence-electron chi connectivity index (χ0n) is 18.4. The Labute approximate surface area is 206 Å². The van der Waals surface area contributed by atoms with Gasteiger partial charge in [0, 0.05) is 6.07 Å². The van der Waals surface area contributed by atoms with Crippen LogP contribution in [0.5, 0.6) is 0 Å². The van der Waals surface area contributed by atoms with Gasteiger partial charge in [-0.1, -0.05) is 72.9 Å². The molecular formula is C23H24Cl3N3O4. The molecule has 0 radical (unpaired) electrons. The molecule has 0 saturated carbocycles. The van der Waals surface area contributed by atoms with Crippen molar-refractivity contribution in [2.45, 2.75) is 31.0 Å². The lowest BCUT2D eigenvalue weighted by atomic mass is 10.0. The third-order valence-corrected chi connectivity index (χ3v) is 4.89. The number of halogens is 3. The Hall–Kier alpha value is -2.48. The number of alkyl halides is 3. The van der Waals surface area contributed by atoms with Gasteiger partial charge in [-0.25, -0.2) is 14.3 Å². The fourth-order valence-electron chi connectivity index (χ4n) is 3.32. The van der Waals surface area contributed by atoms with Crippen LogP contribution < -0.4 is 5.32 Å². The average molecular weight is 513 g/mol. The minimum absolute atomic E-state index is 0.250. The molecule has 33 heavy (non-hydrogen) atoms. The second-order valence-corrected chi connectivity index (χ2v) is 10.3. The van der Waals surface area contributed by atoms with E-state index >= 15 is 0 Å². The predicted octanol–water partition coefficient (Wildman–Crippen LogP) is 6.32. The zero-order valence-corrected chi connectivity index (χ0v) is 20.7. The van der Waals surface area contributed by atoms with Gasteiger partial charge in [-0.05, 0) is 42.2 Å². The SMILES string of the molecule is CCOC(=O)c1cc(-n2nc(CC(C)C)cc2NC(=O)OCC(Cl)(Cl)Cl)cc2ccccc12. The summed E-state index contributed by atoms with van der Waals surface area (Å²) in [6.45, 7) is 5.71. The van der Waals surface area contributed by atoms with Gasteiger partial charge in [0.15, 0.2) is 0 Å². The number of fused-ring (bicyclic) bond motifs is 1. The van der Waals surface area contributed by atoms with Crippen molar-refractivity contribution in [2.75, 3.05) is 18.5 Å². The van der Waals surface area contributed by atoms with E-state index in [0.29, 0.717) is 29.4 Å². The van der Waals surface area contributed by atoms with Crippen LogP contribution >= 0.6 is 34.8 Å². The molecule has 0 aliphatic heterocycles. The van der Waals surface area contributed by atoms with Crippen LogP contribution in [-0.4, -0.2) is 38.8 Å². The maximum absolute atomic E-state index is 12.7. The lowest BCUT2D eigenvalue weighted by molar-refractivity contribution is 0.0528. The average Bonchev–Trinajstić information content (AvgIpc) is 3.12. The van der Waals surface area contributed by atoms with Gasteiger partial charge in [0.1, 0.15) is 12.4 Å². The first-order chi connectivity index (χ1) is 15.6. The van der Waals surface area contributed by atoms with Crippen LogP contribution in [0.4, 0.5) is 10.6 Å². The Morgan fingerprint density at radius 2 is 1.85 bits per heavy atom. The molecule has 3 aromatic rings. The van der Waals surface area contributed by atoms with E-state index in [-0.39, 0.29) is 6.61 Å². The topological polar surface area (TPSA) is 82.5 Å². The summed E-state index contributed by atoms with van der Waals surface area (Å²) in [6.07, 6.45) is -0.117. The molecule has 10 heteroatoms. The number of carbonyl (C=O) groups excluding carboxylic acids is 2. The minimum atomic E-state index is -1.73. The molecular weight excluding hydrogens is 489 g/mol. The number of ether oxygens (including phenoxy) is 2. The van der Waals surface area contributed by atoms with Crippen LogP contribution in [0.2, 0.25) is 0 Å². The maximum Gasteiger partial charge on any atom is 0.412 e. The van der Waals surface area contributed by atoms with Crippen LogP contribution in [0.15, 0.2) is 42.5 Å². The van der Waals surface area contributed by atoms with Gasteiger partial charge in [-0.3, -0.25) is 5.32 Å². The number of nitrogens with one attached hydrogen (secondary N) is 1. The lowest BCUT2D eigenvalue weighted by Gasteiger charge is -2.14. The molecule has 0 bridgehead atoms. The number of esters is 1. The zero-order chi connectivity index (χ0) is 24.2. The molecule has 7 nitrogen and oxygen atoms in total. The molecule has 0 saturated heterocycles. The van der Waals surface area contributed by atoms with Crippen molar-refractivity contribution in [3.63, 3.8) is 0 Å². The molecule has 2 aromatic carbocycles. The fourth-order valence-corrected chi connectivity index (χ4v) is 3.48. The summed E-state index contributed by atoms with van der Waals surface area (Å²) >= 11 is 17.0. The third kappa shape index (κ3) is 6.76. The smallest absolute Gasteiger partial charge is 0.412 e. The number of amides is 1. The van der Waals surface area contributed by atoms with E-state index in [1.807, 2.05) is 30.3 Å². The largest absolute Gasteiger partial charge is 0.462 e. The predicted molar refractivity (Wildman–Crippen MR) is 131 cm³/mol. The molecule has 3 rings (SSSR count). The quantitative estimate of drug-likeness (QED) is 0.296. The molecule has 0 aliphatic rings. The Morgan fingerprint density at radius 3 is 2.52 bits per heavy atom. The van der Waals surface area contributed by atoms with Gasteiger partial charge in [-0.15, -0.1) is 0 Å². The maximum atomic E-state index is 12.7. The second kappa shape index (κ2) is 10.6. The number of carbonyl (C=O) groups is 2. The number of benzene rings is 2. The third-order valence-electron chi connectivity index (χ3n) is 4.56. The standard InChI is InChI=1S/C23H24Cl3N3O4/c1-4-32-21(30)19-12-17(10-15-7-5-6-8-18(15)19)29-20(11-16(28-29)9-14(2)3)27-22(31)33-13-23(24,25)26/h5-8,10-12,14H,4,9,13H2,1-3H3,(H,27,31). The monoisotopic (exact) mass is 511 g/mol. The normalized spacial score (nSPS) is 11.6. The highest BCUT2D eigenvalue weighted by Gasteiger charge is 2.23. The van der Waals surface area contributed by atoms with Crippen molar-refractivity contribution < 1.29 is 19.1 Å². The molecule has 1 aromatic heterocycles. The molecule has 0 spiro atoms. The lowest BCUT2D eigenvalue weighted by Crippen LogP contribution is -2.22. The van der Waals surface area contributed by atoms with Crippen LogP contribution in [0.1, 0.15) is 36.8 Å². The molecule has 0 atom stereocenters. The number of rotatable bonds is 7. The molecule has 1 heterocycles. The number of hydrogen-bond donors (Lipinski definition) is 1. The summed E-state index contributed by atoms with van der Waals surface area (Å²) in [4.78, 5) is 25.0. The van der Waals surface area contributed by atoms with E-state index < -0.39 is 22.5 Å². The van der Waals surface area contributed by atoms with Gasteiger partial charge in [-0.2, -0.15) is 5.10 Å². The van der Waals surface area contributed by atoms with Gasteiger partial charge in [0.25, 0.3) is 0 Å². The van der Waals surface area contributed by atoms with E-state index in [1.54, 1.807) is 23.7 Å². The van der Waals surface area contributed by atoms with E-state index in [2.05, 4.69) is 24.3 Å². The first kappa shape index (κ1) is 25.1. The van der Waals surface area contributed by atoms with Gasteiger partial charge < -0.3 is 9.47 Å². The molecule has 1 N–H and O–H groups in total. The van der Waals surface area contributed by atoms with E-state index in [9.17, 15) is 9.59 Å². The van der Waals surface area contributed by atoms with Crippen molar-refractivity contribution >= 4 is 63.5 Å². The summed E-state index contributed by atoms with van der Waals surface area (Å²) in [5.41, 5.74) is 1.73. The van der Waals surface area contributed by atoms with Gasteiger partial charge >= 0.3 is 12.1 Å². The first-order valence-corrected chi connectivity index (χ1v) is 11.5. The second-order valence-electron chi connectivity index (χ2n) is 7.78. The highest BCUT2D eigenvalue weighted by Crippen LogP contribution is 2.28. The van der Waals surface area contributed by atoms with Crippen molar-refractivity contribution in [1.82, 2.24) is 9.78 Å². The van der Waals surface area contributed by atoms with Crippen molar-refractivity contribution in [2.24, 2.45) is 5.92 Å². The Kier molecular flexibility index (Phi) is 8.10. The number of aromatic nitrogens is 2. The summed E-state index contributed by atoms with van der Waals surface area (Å²) in [5.74, 6) is 0.246. The Morgan fingerprint density at radius 1 is 1.12 bits per heavy atom. The number of anilines is 1. The minimum Gasteiger partial charge on any atom is -0.462 e. The first-order valence-electron chi connectivity index (χ1n) is 10.4. The molecule has 176 valence electrons. The summed E-state index contributed by atoms with van der Waals surface area (Å²) < 4.78 is 10.1. The number of hydrogen-bond acceptors (Lipinski definition) is 5. The summed E-state index contributed by atoms with van der Waals surface area (Å²) in [6, 6.07) is 12.8. The molecule has 0 unspecified atom stereocenters. The van der Waals surface area contributed by atoms with Crippen molar-refractivity contribution in [3.8, 4) is 5.69 Å². The molecule has 1 amide bonds. The summed E-state index contributed by atoms with van der Waals surface area (Å²) in [5, 5.41) is 8.87. The summed E-state index contributed by atoms with van der Waals surface area (Å²) in [7, 11) is 0. The van der Waals surface area contributed by atoms with E-state index in [0.717, 1.165) is 16.5 Å². The number of nitrogens with zero attached hydrogens (tertiary/aromatic N) is 2. The van der Waals surface area contributed by atoms with Crippen molar-refractivity contribution in [3.05, 3.63) is 53.7 Å². The molecule has 0 fully saturated rings. The Bertz CT molecular complexity index is 1160. The van der Waals surface area contributed by atoms with Gasteiger partial charge in [0.05, 0.1) is 23.6 Å². The van der Waals surface area contributed by atoms with Crippen LogP contribution in [0, 0.1) is 5.92 Å².